The molecular weight excluding hydrogens is 326 g/mol. The summed E-state index contributed by atoms with van der Waals surface area (Å²) in [5, 5.41) is 11.5. The van der Waals surface area contributed by atoms with Crippen molar-refractivity contribution in [2.75, 3.05) is 13.6 Å². The molecule has 0 spiro atoms. The van der Waals surface area contributed by atoms with Crippen molar-refractivity contribution >= 4 is 5.97 Å². The zero-order valence-electron chi connectivity index (χ0n) is 15.0. The lowest BCUT2D eigenvalue weighted by molar-refractivity contribution is -0.170. The smallest absolute Gasteiger partial charge is 0.347 e. The molecule has 1 saturated carbocycles. The van der Waals surface area contributed by atoms with Crippen molar-refractivity contribution in [3.8, 4) is 0 Å². The minimum atomic E-state index is -1.79. The van der Waals surface area contributed by atoms with Crippen molar-refractivity contribution in [2.24, 2.45) is 5.92 Å². The lowest BCUT2D eigenvalue weighted by Gasteiger charge is -2.32. The molecule has 4 rings (SSSR count). The summed E-state index contributed by atoms with van der Waals surface area (Å²) in [6.45, 7) is 1.07. The van der Waals surface area contributed by atoms with Gasteiger partial charge in [0.25, 0.3) is 0 Å². The molecule has 2 aromatic carbocycles. The maximum atomic E-state index is 13.2. The highest BCUT2D eigenvalue weighted by molar-refractivity contribution is 5.85. The molecule has 136 valence electrons. The summed E-state index contributed by atoms with van der Waals surface area (Å²) in [5.41, 5.74) is -0.718. The Bertz CT molecular complexity index is 720. The van der Waals surface area contributed by atoms with Gasteiger partial charge in [-0.2, -0.15) is 0 Å². The highest BCUT2D eigenvalue weighted by Gasteiger charge is 2.45. The van der Waals surface area contributed by atoms with E-state index in [9.17, 15) is 9.90 Å². The van der Waals surface area contributed by atoms with Crippen LogP contribution < -0.4 is 0 Å². The fourth-order valence-electron chi connectivity index (χ4n) is 4.51. The Morgan fingerprint density at radius 1 is 1.00 bits per heavy atom. The number of ether oxygens (including phenoxy) is 1. The van der Waals surface area contributed by atoms with E-state index in [0.717, 1.165) is 19.4 Å². The van der Waals surface area contributed by atoms with Crippen LogP contribution in [0.2, 0.25) is 0 Å². The number of carbonyl (C=O) groups is 1. The predicted octanol–water partition coefficient (Wildman–Crippen LogP) is 2.95. The molecule has 0 amide bonds. The number of aliphatic hydroxyl groups is 1. The summed E-state index contributed by atoms with van der Waals surface area (Å²) >= 11 is 0. The van der Waals surface area contributed by atoms with Crippen LogP contribution in [0.1, 0.15) is 30.4 Å². The van der Waals surface area contributed by atoms with Crippen LogP contribution in [0.25, 0.3) is 0 Å². The van der Waals surface area contributed by atoms with E-state index in [-0.39, 0.29) is 6.10 Å². The Kier molecular flexibility index (Phi) is 4.55. The zero-order chi connectivity index (χ0) is 18.1. The molecule has 0 radical (unpaired) electrons. The molecule has 2 aliphatic rings. The number of esters is 1. The number of nitrogens with zero attached hydrogens (tertiary/aromatic N) is 1. The lowest BCUT2D eigenvalue weighted by atomic mass is 9.85. The van der Waals surface area contributed by atoms with Crippen molar-refractivity contribution in [3.63, 3.8) is 0 Å². The maximum Gasteiger partial charge on any atom is 0.347 e. The third-order valence-corrected chi connectivity index (χ3v) is 5.86. The number of carbonyl (C=O) groups excluding carboxylic acids is 1. The van der Waals surface area contributed by atoms with Crippen molar-refractivity contribution in [3.05, 3.63) is 71.8 Å². The molecular formula is C22H25NO3. The second-order valence-corrected chi connectivity index (χ2v) is 7.64. The van der Waals surface area contributed by atoms with Crippen LogP contribution in [-0.4, -0.2) is 41.7 Å². The van der Waals surface area contributed by atoms with Crippen LogP contribution in [-0.2, 0) is 15.1 Å². The van der Waals surface area contributed by atoms with Gasteiger partial charge in [-0.05, 0) is 43.4 Å². The molecule has 3 atom stereocenters. The van der Waals surface area contributed by atoms with Crippen molar-refractivity contribution in [1.29, 1.82) is 0 Å². The standard InChI is InChI=1S/C22H25NO3/c1-23-15-16-12-19(23)14-20(13-16)26-21(24)22(25,17-8-4-2-5-9-17)18-10-6-3-7-11-18/h2-11,16,19-20,25H,12-15H2,1H3/t16?,19?,20-/m0/s1. The molecule has 1 saturated heterocycles. The number of benzene rings is 2. The molecule has 1 aliphatic heterocycles. The van der Waals surface area contributed by atoms with Gasteiger partial charge in [0.1, 0.15) is 6.10 Å². The van der Waals surface area contributed by atoms with Gasteiger partial charge in [0.05, 0.1) is 0 Å². The predicted molar refractivity (Wildman–Crippen MR) is 99.5 cm³/mol. The van der Waals surface area contributed by atoms with Crippen LogP contribution in [0.3, 0.4) is 0 Å². The van der Waals surface area contributed by atoms with E-state index in [1.807, 2.05) is 36.4 Å². The third kappa shape index (κ3) is 3.04. The molecule has 26 heavy (non-hydrogen) atoms. The van der Waals surface area contributed by atoms with Gasteiger partial charge in [-0.25, -0.2) is 4.79 Å². The molecule has 2 aromatic rings. The Morgan fingerprint density at radius 2 is 1.58 bits per heavy atom. The zero-order valence-corrected chi connectivity index (χ0v) is 15.0. The summed E-state index contributed by atoms with van der Waals surface area (Å²) in [6, 6.07) is 18.6. The third-order valence-electron chi connectivity index (χ3n) is 5.86. The minimum absolute atomic E-state index is 0.129. The normalized spacial score (nSPS) is 25.8. The van der Waals surface area contributed by atoms with Crippen LogP contribution in [0.4, 0.5) is 0 Å². The van der Waals surface area contributed by atoms with E-state index in [2.05, 4.69) is 11.9 Å². The number of rotatable bonds is 4. The van der Waals surface area contributed by atoms with E-state index < -0.39 is 11.6 Å². The minimum Gasteiger partial charge on any atom is -0.460 e. The Morgan fingerprint density at radius 3 is 2.12 bits per heavy atom. The van der Waals surface area contributed by atoms with Gasteiger partial charge in [-0.15, -0.1) is 0 Å². The first-order valence-corrected chi connectivity index (χ1v) is 9.32. The fraction of sp³-hybridized carbons (Fsp3) is 0.409. The van der Waals surface area contributed by atoms with E-state index in [1.54, 1.807) is 24.3 Å². The van der Waals surface area contributed by atoms with Gasteiger partial charge < -0.3 is 14.7 Å². The van der Waals surface area contributed by atoms with Gasteiger partial charge in [-0.3, -0.25) is 0 Å². The average molecular weight is 351 g/mol. The average Bonchev–Trinajstić information content (AvgIpc) is 2.94. The molecule has 1 heterocycles. The van der Waals surface area contributed by atoms with E-state index in [1.165, 1.54) is 6.42 Å². The molecule has 2 fully saturated rings. The molecule has 2 bridgehead atoms. The number of hydrogen-bond donors (Lipinski definition) is 1. The second kappa shape index (κ2) is 6.86. The van der Waals surface area contributed by atoms with Crippen molar-refractivity contribution in [1.82, 2.24) is 4.90 Å². The number of hydrogen-bond acceptors (Lipinski definition) is 4. The summed E-state index contributed by atoms with van der Waals surface area (Å²) in [5.74, 6) is 0.00180. The van der Waals surface area contributed by atoms with Gasteiger partial charge in [0.15, 0.2) is 0 Å². The lowest BCUT2D eigenvalue weighted by Crippen LogP contribution is -2.42. The van der Waals surface area contributed by atoms with Crippen LogP contribution in [0, 0.1) is 5.92 Å². The Balaban J connectivity index is 1.61. The highest BCUT2D eigenvalue weighted by Crippen LogP contribution is 2.38. The van der Waals surface area contributed by atoms with Gasteiger partial charge in [0, 0.05) is 12.6 Å². The molecule has 4 heteroatoms. The van der Waals surface area contributed by atoms with Crippen LogP contribution in [0.15, 0.2) is 60.7 Å². The van der Waals surface area contributed by atoms with Gasteiger partial charge in [0.2, 0.25) is 5.60 Å². The Hall–Kier alpha value is -2.17. The first kappa shape index (κ1) is 17.3. The molecule has 4 nitrogen and oxygen atoms in total. The molecule has 0 aromatic heterocycles. The fourth-order valence-corrected chi connectivity index (χ4v) is 4.51. The highest BCUT2D eigenvalue weighted by atomic mass is 16.6. The summed E-state index contributed by atoms with van der Waals surface area (Å²) in [7, 11) is 2.14. The van der Waals surface area contributed by atoms with E-state index >= 15 is 0 Å². The first-order chi connectivity index (χ1) is 12.6. The maximum absolute atomic E-state index is 13.2. The molecule has 2 unspecified atom stereocenters. The second-order valence-electron chi connectivity index (χ2n) is 7.64. The largest absolute Gasteiger partial charge is 0.460 e. The topological polar surface area (TPSA) is 49.8 Å². The monoisotopic (exact) mass is 351 g/mol. The quantitative estimate of drug-likeness (QED) is 0.861. The number of fused-ring (bicyclic) bond motifs is 2. The van der Waals surface area contributed by atoms with E-state index in [4.69, 9.17) is 4.74 Å². The SMILES string of the molecule is CN1CC2CC1C[C@@H](OC(=O)C(O)(c1ccccc1)c1ccccc1)C2. The summed E-state index contributed by atoms with van der Waals surface area (Å²) in [4.78, 5) is 15.5. The van der Waals surface area contributed by atoms with Gasteiger partial charge >= 0.3 is 5.97 Å². The summed E-state index contributed by atoms with van der Waals surface area (Å²) in [6.07, 6.45) is 2.78. The van der Waals surface area contributed by atoms with Crippen molar-refractivity contribution in [2.45, 2.75) is 37.0 Å². The van der Waals surface area contributed by atoms with Crippen molar-refractivity contribution < 1.29 is 14.6 Å². The first-order valence-electron chi connectivity index (χ1n) is 9.32. The van der Waals surface area contributed by atoms with Gasteiger partial charge in [-0.1, -0.05) is 60.7 Å². The van der Waals surface area contributed by atoms with Crippen LogP contribution in [0.5, 0.6) is 0 Å². The van der Waals surface area contributed by atoms with Crippen LogP contribution >= 0.6 is 0 Å². The summed E-state index contributed by atoms with van der Waals surface area (Å²) < 4.78 is 5.88. The molecule has 1 aliphatic carbocycles. The van der Waals surface area contributed by atoms with E-state index in [0.29, 0.717) is 23.1 Å². The molecule has 1 N–H and O–H groups in total. The Labute approximate surface area is 154 Å². The number of likely N-dealkylation sites (tertiary alicyclic amines) is 1.